The van der Waals surface area contributed by atoms with Gasteiger partial charge in [0.25, 0.3) is 0 Å². The Balaban J connectivity index is 2.49. The minimum Gasteiger partial charge on any atom is -0.494 e. The zero-order valence-electron chi connectivity index (χ0n) is 13.2. The summed E-state index contributed by atoms with van der Waals surface area (Å²) in [6, 6.07) is 7.76. The Morgan fingerprint density at radius 1 is 1.09 bits per heavy atom. The summed E-state index contributed by atoms with van der Waals surface area (Å²) in [4.78, 5) is 0. The third-order valence-electron chi connectivity index (χ3n) is 3.67. The normalized spacial score (nSPS) is 11.6. The third kappa shape index (κ3) is 3.45. The van der Waals surface area contributed by atoms with E-state index < -0.39 is 11.4 Å². The molecule has 0 spiro atoms. The van der Waals surface area contributed by atoms with Gasteiger partial charge < -0.3 is 9.84 Å². The summed E-state index contributed by atoms with van der Waals surface area (Å²) in [5.41, 5.74) is 1.30. The summed E-state index contributed by atoms with van der Waals surface area (Å²) in [7, 11) is 1.38. The smallest absolute Gasteiger partial charge is 0.165 e. The van der Waals surface area contributed by atoms with Crippen LogP contribution >= 0.6 is 0 Å². The molecule has 2 rings (SSSR count). The molecule has 2 aromatic carbocycles. The van der Waals surface area contributed by atoms with Crippen molar-refractivity contribution < 1.29 is 18.6 Å². The molecule has 0 saturated heterocycles. The highest BCUT2D eigenvalue weighted by molar-refractivity contribution is 5.42. The second-order valence-corrected chi connectivity index (χ2v) is 5.96. The molecule has 0 amide bonds. The van der Waals surface area contributed by atoms with Gasteiger partial charge in [0.2, 0.25) is 0 Å². The molecule has 0 aliphatic heterocycles. The number of rotatable bonds is 4. The molecule has 0 aliphatic rings. The van der Waals surface area contributed by atoms with E-state index in [0.717, 1.165) is 5.56 Å². The van der Waals surface area contributed by atoms with E-state index in [1.807, 2.05) is 0 Å². The minimum absolute atomic E-state index is 0.0796. The van der Waals surface area contributed by atoms with Crippen molar-refractivity contribution >= 4 is 0 Å². The number of ether oxygens (including phenoxy) is 1. The van der Waals surface area contributed by atoms with Gasteiger partial charge in [-0.15, -0.1) is 0 Å². The van der Waals surface area contributed by atoms with Crippen LogP contribution in [0.25, 0.3) is 0 Å². The van der Waals surface area contributed by atoms with Crippen molar-refractivity contribution in [3.63, 3.8) is 0 Å². The Hall–Kier alpha value is -1.94. The average molecular weight is 306 g/mol. The first-order chi connectivity index (χ1) is 10.2. The zero-order chi connectivity index (χ0) is 16.5. The number of hydrogen-bond acceptors (Lipinski definition) is 2. The van der Waals surface area contributed by atoms with Crippen LogP contribution in [-0.2, 0) is 12.0 Å². The molecule has 0 atom stereocenters. The standard InChI is InChI=1S/C18H20F2O2/c1-11-5-6-12(8-15(11)19)7-13-9-16(20)17(22-4)10-14(13)18(2,3)21/h5-6,8-10,21H,7H2,1-4H3. The van der Waals surface area contributed by atoms with Gasteiger partial charge in [-0.3, -0.25) is 0 Å². The lowest BCUT2D eigenvalue weighted by Gasteiger charge is -2.23. The van der Waals surface area contributed by atoms with Crippen LogP contribution in [-0.4, -0.2) is 12.2 Å². The molecule has 22 heavy (non-hydrogen) atoms. The average Bonchev–Trinajstić information content (AvgIpc) is 2.42. The Morgan fingerprint density at radius 3 is 2.32 bits per heavy atom. The Kier molecular flexibility index (Phi) is 4.52. The minimum atomic E-state index is -1.15. The monoisotopic (exact) mass is 306 g/mol. The van der Waals surface area contributed by atoms with Gasteiger partial charge in [-0.05, 0) is 67.6 Å². The molecular weight excluding hydrogens is 286 g/mol. The van der Waals surface area contributed by atoms with E-state index in [1.165, 1.54) is 25.3 Å². The summed E-state index contributed by atoms with van der Waals surface area (Å²) < 4.78 is 32.6. The molecule has 4 heteroatoms. The highest BCUT2D eigenvalue weighted by Gasteiger charge is 2.23. The molecular formula is C18H20F2O2. The van der Waals surface area contributed by atoms with Crippen LogP contribution in [0.4, 0.5) is 8.78 Å². The number of aliphatic hydroxyl groups is 1. The van der Waals surface area contributed by atoms with Crippen molar-refractivity contribution in [2.45, 2.75) is 32.8 Å². The summed E-state index contributed by atoms with van der Waals surface area (Å²) >= 11 is 0. The van der Waals surface area contributed by atoms with Crippen LogP contribution < -0.4 is 4.74 Å². The molecule has 0 radical (unpaired) electrons. The first-order valence-electron chi connectivity index (χ1n) is 7.06. The fraction of sp³-hybridized carbons (Fsp3) is 0.333. The Bertz CT molecular complexity index is 688. The molecule has 118 valence electrons. The van der Waals surface area contributed by atoms with Gasteiger partial charge in [-0.25, -0.2) is 8.78 Å². The van der Waals surface area contributed by atoms with Crippen LogP contribution in [0.2, 0.25) is 0 Å². The number of hydrogen-bond donors (Lipinski definition) is 1. The maximum atomic E-state index is 14.0. The summed E-state index contributed by atoms with van der Waals surface area (Å²) in [6.45, 7) is 4.94. The summed E-state index contributed by atoms with van der Waals surface area (Å²) in [5.74, 6) is -0.717. The van der Waals surface area contributed by atoms with Gasteiger partial charge >= 0.3 is 0 Å². The van der Waals surface area contributed by atoms with Gasteiger partial charge in [0.05, 0.1) is 12.7 Å². The zero-order valence-corrected chi connectivity index (χ0v) is 13.2. The van der Waals surface area contributed by atoms with Crippen molar-refractivity contribution in [2.24, 2.45) is 0 Å². The molecule has 2 aromatic rings. The first-order valence-corrected chi connectivity index (χ1v) is 7.06. The maximum Gasteiger partial charge on any atom is 0.165 e. The molecule has 0 heterocycles. The fourth-order valence-electron chi connectivity index (χ4n) is 2.43. The predicted molar refractivity (Wildman–Crippen MR) is 82.1 cm³/mol. The SMILES string of the molecule is COc1cc(C(C)(C)O)c(Cc2ccc(C)c(F)c2)cc1F. The Morgan fingerprint density at radius 2 is 1.77 bits per heavy atom. The lowest BCUT2D eigenvalue weighted by Crippen LogP contribution is -2.19. The van der Waals surface area contributed by atoms with Crippen LogP contribution in [0.3, 0.4) is 0 Å². The molecule has 1 N–H and O–H groups in total. The summed E-state index contributed by atoms with van der Waals surface area (Å²) in [5, 5.41) is 10.3. The topological polar surface area (TPSA) is 29.5 Å². The van der Waals surface area contributed by atoms with E-state index in [-0.39, 0.29) is 11.6 Å². The predicted octanol–water partition coefficient (Wildman–Crippen LogP) is 4.10. The molecule has 0 aromatic heterocycles. The van der Waals surface area contributed by atoms with Crippen molar-refractivity contribution in [3.05, 3.63) is 64.2 Å². The number of aryl methyl sites for hydroxylation is 1. The molecule has 0 aliphatic carbocycles. The van der Waals surface area contributed by atoms with Gasteiger partial charge in [0, 0.05) is 0 Å². The molecule has 2 nitrogen and oxygen atoms in total. The van der Waals surface area contributed by atoms with E-state index >= 15 is 0 Å². The largest absolute Gasteiger partial charge is 0.494 e. The number of halogens is 2. The van der Waals surface area contributed by atoms with Gasteiger partial charge in [0.1, 0.15) is 5.82 Å². The van der Waals surface area contributed by atoms with Gasteiger partial charge in [-0.2, -0.15) is 0 Å². The van der Waals surface area contributed by atoms with Crippen molar-refractivity contribution in [2.75, 3.05) is 7.11 Å². The van der Waals surface area contributed by atoms with Crippen molar-refractivity contribution in [1.29, 1.82) is 0 Å². The van der Waals surface area contributed by atoms with Crippen LogP contribution in [0.15, 0.2) is 30.3 Å². The number of benzene rings is 2. The lowest BCUT2D eigenvalue weighted by molar-refractivity contribution is 0.0773. The van der Waals surface area contributed by atoms with Crippen LogP contribution in [0.1, 0.15) is 36.1 Å². The molecule has 0 bridgehead atoms. The molecule has 0 saturated carbocycles. The lowest BCUT2D eigenvalue weighted by atomic mass is 9.89. The maximum absolute atomic E-state index is 14.0. The highest BCUT2D eigenvalue weighted by Crippen LogP contribution is 2.31. The van der Waals surface area contributed by atoms with Gasteiger partial charge in [-0.1, -0.05) is 12.1 Å². The first kappa shape index (κ1) is 16.4. The quantitative estimate of drug-likeness (QED) is 0.921. The molecule has 0 unspecified atom stereocenters. The van der Waals surface area contributed by atoms with E-state index in [4.69, 9.17) is 4.74 Å². The van der Waals surface area contributed by atoms with Crippen LogP contribution in [0, 0.1) is 18.6 Å². The van der Waals surface area contributed by atoms with Crippen LogP contribution in [0.5, 0.6) is 5.75 Å². The summed E-state index contributed by atoms with van der Waals surface area (Å²) in [6.07, 6.45) is 0.331. The second-order valence-electron chi connectivity index (χ2n) is 5.96. The number of methoxy groups -OCH3 is 1. The van der Waals surface area contributed by atoms with Gasteiger partial charge in [0.15, 0.2) is 11.6 Å². The van der Waals surface area contributed by atoms with Crippen molar-refractivity contribution in [3.8, 4) is 5.75 Å². The molecule has 0 fully saturated rings. The van der Waals surface area contributed by atoms with E-state index in [1.54, 1.807) is 32.9 Å². The van der Waals surface area contributed by atoms with E-state index in [9.17, 15) is 13.9 Å². The highest BCUT2D eigenvalue weighted by atomic mass is 19.1. The second kappa shape index (κ2) is 6.05. The van der Waals surface area contributed by atoms with Crippen molar-refractivity contribution in [1.82, 2.24) is 0 Å². The Labute approximate surface area is 129 Å². The third-order valence-corrected chi connectivity index (χ3v) is 3.67. The fourth-order valence-corrected chi connectivity index (χ4v) is 2.43. The van der Waals surface area contributed by atoms with E-state index in [2.05, 4.69) is 0 Å². The van der Waals surface area contributed by atoms with E-state index in [0.29, 0.717) is 23.1 Å².